The Balaban J connectivity index is 1.52. The van der Waals surface area contributed by atoms with Crippen LogP contribution in [0.4, 0.5) is 5.82 Å². The van der Waals surface area contributed by atoms with Gasteiger partial charge in [-0.1, -0.05) is 25.3 Å². The van der Waals surface area contributed by atoms with Gasteiger partial charge in [0.05, 0.1) is 25.5 Å². The fourth-order valence-electron chi connectivity index (χ4n) is 3.53. The summed E-state index contributed by atoms with van der Waals surface area (Å²) in [7, 11) is 0. The van der Waals surface area contributed by atoms with Gasteiger partial charge in [-0.25, -0.2) is 4.68 Å². The number of carbonyl (C=O) groups excluding carboxylic acids is 1. The Morgan fingerprint density at radius 3 is 2.83 bits per heavy atom. The van der Waals surface area contributed by atoms with Gasteiger partial charge in [-0.15, -0.1) is 0 Å². The molecule has 5 nitrogen and oxygen atoms in total. The third-order valence-corrected chi connectivity index (χ3v) is 4.82. The van der Waals surface area contributed by atoms with E-state index in [9.17, 15) is 4.79 Å². The summed E-state index contributed by atoms with van der Waals surface area (Å²) in [6.45, 7) is 1.24. The number of amides is 1. The van der Waals surface area contributed by atoms with E-state index in [4.69, 9.17) is 4.74 Å². The lowest BCUT2D eigenvalue weighted by atomic mass is 9.96. The zero-order valence-electron chi connectivity index (χ0n) is 13.1. The van der Waals surface area contributed by atoms with Crippen LogP contribution in [-0.2, 0) is 18.0 Å². The smallest absolute Gasteiger partial charge is 0.256 e. The Bertz CT molecular complexity index is 717. The predicted molar refractivity (Wildman–Crippen MR) is 87.2 cm³/mol. The van der Waals surface area contributed by atoms with Crippen LogP contribution in [0.5, 0.6) is 0 Å². The normalized spacial score (nSPS) is 17.9. The molecule has 1 aliphatic heterocycles. The number of hydrogen-bond acceptors (Lipinski definition) is 3. The zero-order valence-corrected chi connectivity index (χ0v) is 13.1. The fourth-order valence-corrected chi connectivity index (χ4v) is 3.53. The lowest BCUT2D eigenvalue weighted by Gasteiger charge is -2.23. The number of nitrogens with one attached hydrogen (secondary N) is 1. The quantitative estimate of drug-likeness (QED) is 0.941. The van der Waals surface area contributed by atoms with Crippen LogP contribution in [0.2, 0.25) is 0 Å². The molecule has 120 valence electrons. The molecule has 1 N–H and O–H groups in total. The molecule has 1 aromatic carbocycles. The molecular formula is C18H21N3O2. The van der Waals surface area contributed by atoms with E-state index in [-0.39, 0.29) is 5.91 Å². The van der Waals surface area contributed by atoms with E-state index < -0.39 is 0 Å². The Labute approximate surface area is 135 Å². The van der Waals surface area contributed by atoms with E-state index in [1.165, 1.54) is 24.8 Å². The van der Waals surface area contributed by atoms with Crippen molar-refractivity contribution in [3.05, 3.63) is 47.2 Å². The third kappa shape index (κ3) is 2.88. The number of hydrogen-bond donors (Lipinski definition) is 1. The first-order valence-corrected chi connectivity index (χ1v) is 8.36. The molecule has 2 aromatic rings. The van der Waals surface area contributed by atoms with Crippen molar-refractivity contribution in [1.82, 2.24) is 9.78 Å². The summed E-state index contributed by atoms with van der Waals surface area (Å²) >= 11 is 0. The van der Waals surface area contributed by atoms with Crippen molar-refractivity contribution in [2.75, 3.05) is 5.32 Å². The fraction of sp³-hybridized carbons (Fsp3) is 0.444. The van der Waals surface area contributed by atoms with Crippen LogP contribution in [0.3, 0.4) is 0 Å². The zero-order chi connectivity index (χ0) is 15.6. The van der Waals surface area contributed by atoms with Crippen LogP contribution in [0.25, 0.3) is 0 Å². The number of fused-ring (bicyclic) bond motifs is 1. The molecule has 5 heteroatoms. The molecule has 0 spiro atoms. The number of rotatable bonds is 3. The lowest BCUT2D eigenvalue weighted by Crippen LogP contribution is -2.20. The summed E-state index contributed by atoms with van der Waals surface area (Å²) in [5, 5.41) is 7.44. The van der Waals surface area contributed by atoms with Crippen molar-refractivity contribution in [2.24, 2.45) is 0 Å². The molecule has 0 unspecified atom stereocenters. The number of carbonyl (C=O) groups is 1. The minimum atomic E-state index is -0.0859. The highest BCUT2D eigenvalue weighted by molar-refractivity contribution is 6.04. The van der Waals surface area contributed by atoms with E-state index in [0.29, 0.717) is 24.8 Å². The molecule has 0 bridgehead atoms. The molecule has 4 rings (SSSR count). The molecule has 1 aromatic heterocycles. The highest BCUT2D eigenvalue weighted by atomic mass is 16.5. The number of benzene rings is 1. The third-order valence-electron chi connectivity index (χ3n) is 4.82. The first-order chi connectivity index (χ1) is 11.3. The van der Waals surface area contributed by atoms with Crippen LogP contribution in [0.15, 0.2) is 30.5 Å². The molecule has 23 heavy (non-hydrogen) atoms. The Kier molecular flexibility index (Phi) is 3.87. The molecule has 1 fully saturated rings. The van der Waals surface area contributed by atoms with Gasteiger partial charge in [0.2, 0.25) is 0 Å². The van der Waals surface area contributed by atoms with Gasteiger partial charge in [0.1, 0.15) is 5.82 Å². The molecule has 2 aliphatic rings. The van der Waals surface area contributed by atoms with Gasteiger partial charge in [-0.3, -0.25) is 4.79 Å². The van der Waals surface area contributed by atoms with Crippen molar-refractivity contribution in [3.63, 3.8) is 0 Å². The van der Waals surface area contributed by atoms with E-state index in [1.807, 2.05) is 28.9 Å². The maximum Gasteiger partial charge on any atom is 0.256 e. The summed E-state index contributed by atoms with van der Waals surface area (Å²) in [4.78, 5) is 12.6. The van der Waals surface area contributed by atoms with Gasteiger partial charge >= 0.3 is 0 Å². The summed E-state index contributed by atoms with van der Waals surface area (Å²) < 4.78 is 7.39. The maximum atomic E-state index is 12.6. The van der Waals surface area contributed by atoms with Crippen molar-refractivity contribution in [2.45, 2.75) is 51.4 Å². The molecule has 1 aliphatic carbocycles. The van der Waals surface area contributed by atoms with Crippen LogP contribution < -0.4 is 5.32 Å². The second-order valence-corrected chi connectivity index (χ2v) is 6.38. The second-order valence-electron chi connectivity index (χ2n) is 6.38. The largest absolute Gasteiger partial charge is 0.372 e. The van der Waals surface area contributed by atoms with Crippen molar-refractivity contribution in [1.29, 1.82) is 0 Å². The maximum absolute atomic E-state index is 12.6. The second kappa shape index (κ2) is 6.16. The van der Waals surface area contributed by atoms with Crippen LogP contribution in [0, 0.1) is 0 Å². The first kappa shape index (κ1) is 14.5. The Morgan fingerprint density at radius 1 is 1.13 bits per heavy atom. The first-order valence-electron chi connectivity index (χ1n) is 8.36. The van der Waals surface area contributed by atoms with Crippen molar-refractivity contribution >= 4 is 11.7 Å². The van der Waals surface area contributed by atoms with Gasteiger partial charge in [-0.05, 0) is 36.1 Å². The number of ether oxygens (including phenoxy) is 1. The Morgan fingerprint density at radius 2 is 1.96 bits per heavy atom. The summed E-state index contributed by atoms with van der Waals surface area (Å²) in [5.41, 5.74) is 2.96. The molecule has 0 atom stereocenters. The Hall–Kier alpha value is -2.14. The monoisotopic (exact) mass is 311 g/mol. The molecule has 2 heterocycles. The van der Waals surface area contributed by atoms with Gasteiger partial charge in [-0.2, -0.15) is 5.10 Å². The van der Waals surface area contributed by atoms with Gasteiger partial charge in [0.25, 0.3) is 5.91 Å². The average molecular weight is 311 g/mol. The molecule has 1 amide bonds. The lowest BCUT2D eigenvalue weighted by molar-refractivity contribution is 0.102. The summed E-state index contributed by atoms with van der Waals surface area (Å²) in [6, 6.07) is 8.06. The number of aromatic nitrogens is 2. The topological polar surface area (TPSA) is 56.2 Å². The van der Waals surface area contributed by atoms with Gasteiger partial charge in [0.15, 0.2) is 0 Å². The van der Waals surface area contributed by atoms with E-state index in [2.05, 4.69) is 10.4 Å². The van der Waals surface area contributed by atoms with E-state index >= 15 is 0 Å². The predicted octanol–water partition coefficient (Wildman–Crippen LogP) is 3.67. The van der Waals surface area contributed by atoms with Gasteiger partial charge < -0.3 is 10.1 Å². The molecule has 1 saturated carbocycles. The van der Waals surface area contributed by atoms with Crippen LogP contribution in [-0.4, -0.2) is 15.7 Å². The van der Waals surface area contributed by atoms with Crippen LogP contribution in [0.1, 0.15) is 59.6 Å². The number of anilines is 1. The molecule has 0 radical (unpaired) electrons. The average Bonchev–Trinajstić information content (AvgIpc) is 3.23. The highest BCUT2D eigenvalue weighted by Gasteiger charge is 2.20. The van der Waals surface area contributed by atoms with E-state index in [1.54, 1.807) is 6.20 Å². The van der Waals surface area contributed by atoms with Gasteiger partial charge in [0, 0.05) is 11.6 Å². The summed E-state index contributed by atoms with van der Waals surface area (Å²) in [6.07, 6.45) is 7.82. The highest BCUT2D eigenvalue weighted by Crippen LogP contribution is 2.30. The van der Waals surface area contributed by atoms with E-state index in [0.717, 1.165) is 24.2 Å². The minimum Gasteiger partial charge on any atom is -0.372 e. The van der Waals surface area contributed by atoms with Crippen molar-refractivity contribution in [3.8, 4) is 0 Å². The molecular weight excluding hydrogens is 290 g/mol. The minimum absolute atomic E-state index is 0.0859. The standard InChI is InChI=1S/C18H21N3O2/c22-18(13-6-7-14-11-23-12-15(14)10-13)20-17-8-9-19-21(17)16-4-2-1-3-5-16/h6-10,16H,1-5,11-12H2,(H,20,22). The summed E-state index contributed by atoms with van der Waals surface area (Å²) in [5.74, 6) is 0.705. The van der Waals surface area contributed by atoms with Crippen molar-refractivity contribution < 1.29 is 9.53 Å². The number of nitrogens with zero attached hydrogens (tertiary/aromatic N) is 2. The molecule has 0 saturated heterocycles. The SMILES string of the molecule is O=C(Nc1ccnn1C1CCCCC1)c1ccc2c(c1)COC2. The van der Waals surface area contributed by atoms with Crippen LogP contribution >= 0.6 is 0 Å².